The molecule has 21 heavy (non-hydrogen) atoms. The normalized spacial score (nSPS) is 19.5. The maximum Gasteiger partial charge on any atom is 0.193 e. The van der Waals surface area contributed by atoms with Gasteiger partial charge < -0.3 is 14.6 Å². The van der Waals surface area contributed by atoms with Crippen molar-refractivity contribution in [2.45, 2.75) is 40.0 Å². The predicted octanol–water partition coefficient (Wildman–Crippen LogP) is 3.16. The molecule has 1 fully saturated rings. The molecule has 4 heteroatoms. The number of hydrogen-bond acceptors (Lipinski definition) is 2. The van der Waals surface area contributed by atoms with Crippen LogP contribution in [0.1, 0.15) is 39.4 Å². The van der Waals surface area contributed by atoms with Crippen LogP contribution in [0.4, 0.5) is 0 Å². The molecule has 1 aliphatic rings. The molecule has 4 nitrogen and oxygen atoms in total. The summed E-state index contributed by atoms with van der Waals surface area (Å²) < 4.78 is 5.36. The average Bonchev–Trinajstić information content (AvgIpc) is 3.08. The quantitative estimate of drug-likeness (QED) is 0.646. The van der Waals surface area contributed by atoms with Gasteiger partial charge in [-0.25, -0.2) is 0 Å². The number of rotatable bonds is 6. The standard InChI is InChI=1S/C17H29N3O/c1-4-18-17(19-9-7-16-6-5-11-21-16)20-10-8-15(13-20)12-14(2)3/h5-6,11,14-15H,4,7-10,12-13H2,1-3H3,(H,18,19). The lowest BCUT2D eigenvalue weighted by Gasteiger charge is -2.22. The molecule has 0 spiro atoms. The third-order valence-electron chi connectivity index (χ3n) is 3.92. The summed E-state index contributed by atoms with van der Waals surface area (Å²) in [5.41, 5.74) is 0. The van der Waals surface area contributed by atoms with Crippen LogP contribution in [-0.2, 0) is 6.42 Å². The molecule has 0 aliphatic carbocycles. The Morgan fingerprint density at radius 2 is 2.38 bits per heavy atom. The monoisotopic (exact) mass is 291 g/mol. The van der Waals surface area contributed by atoms with Crippen molar-refractivity contribution in [2.75, 3.05) is 26.2 Å². The van der Waals surface area contributed by atoms with E-state index in [1.807, 2.05) is 12.1 Å². The molecule has 1 atom stereocenters. The minimum Gasteiger partial charge on any atom is -0.469 e. The molecule has 1 aromatic rings. The summed E-state index contributed by atoms with van der Waals surface area (Å²) >= 11 is 0. The summed E-state index contributed by atoms with van der Waals surface area (Å²) in [7, 11) is 0. The molecular formula is C17H29N3O. The summed E-state index contributed by atoms with van der Waals surface area (Å²) in [5, 5.41) is 3.42. The van der Waals surface area contributed by atoms with Crippen molar-refractivity contribution in [3.63, 3.8) is 0 Å². The highest BCUT2D eigenvalue weighted by molar-refractivity contribution is 5.80. The Morgan fingerprint density at radius 3 is 3.05 bits per heavy atom. The molecule has 0 radical (unpaired) electrons. The average molecular weight is 291 g/mol. The minimum absolute atomic E-state index is 0.779. The van der Waals surface area contributed by atoms with Crippen LogP contribution in [0, 0.1) is 11.8 Å². The Morgan fingerprint density at radius 1 is 1.52 bits per heavy atom. The van der Waals surface area contributed by atoms with Gasteiger partial charge in [-0.1, -0.05) is 13.8 Å². The molecule has 1 saturated heterocycles. The van der Waals surface area contributed by atoms with E-state index in [4.69, 9.17) is 9.41 Å². The topological polar surface area (TPSA) is 40.8 Å². The first-order valence-electron chi connectivity index (χ1n) is 8.24. The summed E-state index contributed by atoms with van der Waals surface area (Å²) in [6.45, 7) is 10.7. The highest BCUT2D eigenvalue weighted by atomic mass is 16.3. The molecule has 2 rings (SSSR count). The van der Waals surface area contributed by atoms with E-state index in [2.05, 4.69) is 31.0 Å². The Balaban J connectivity index is 1.86. The maximum atomic E-state index is 5.36. The summed E-state index contributed by atoms with van der Waals surface area (Å²) in [6.07, 6.45) is 5.20. The molecule has 0 aromatic carbocycles. The zero-order valence-electron chi connectivity index (χ0n) is 13.6. The zero-order chi connectivity index (χ0) is 15.1. The maximum absolute atomic E-state index is 5.36. The van der Waals surface area contributed by atoms with Crippen LogP contribution in [0.15, 0.2) is 27.8 Å². The smallest absolute Gasteiger partial charge is 0.193 e. The van der Waals surface area contributed by atoms with Crippen LogP contribution in [0.25, 0.3) is 0 Å². The molecule has 2 heterocycles. The Kier molecular flexibility index (Phi) is 6.15. The number of nitrogens with one attached hydrogen (secondary N) is 1. The molecular weight excluding hydrogens is 262 g/mol. The minimum atomic E-state index is 0.779. The Labute approximate surface area is 128 Å². The fourth-order valence-corrected chi connectivity index (χ4v) is 3.04. The first-order valence-corrected chi connectivity index (χ1v) is 8.24. The van der Waals surface area contributed by atoms with E-state index < -0.39 is 0 Å². The van der Waals surface area contributed by atoms with E-state index in [0.717, 1.165) is 56.2 Å². The van der Waals surface area contributed by atoms with Crippen molar-refractivity contribution in [1.29, 1.82) is 0 Å². The Bertz CT molecular complexity index is 425. The van der Waals surface area contributed by atoms with E-state index >= 15 is 0 Å². The van der Waals surface area contributed by atoms with Gasteiger partial charge in [0.25, 0.3) is 0 Å². The number of likely N-dealkylation sites (tertiary alicyclic amines) is 1. The summed E-state index contributed by atoms with van der Waals surface area (Å²) in [4.78, 5) is 7.17. The number of hydrogen-bond donors (Lipinski definition) is 1. The van der Waals surface area contributed by atoms with Crippen LogP contribution in [-0.4, -0.2) is 37.0 Å². The van der Waals surface area contributed by atoms with Crippen molar-refractivity contribution in [3.05, 3.63) is 24.2 Å². The second kappa shape index (κ2) is 8.11. The van der Waals surface area contributed by atoms with Crippen molar-refractivity contribution in [2.24, 2.45) is 16.8 Å². The fourth-order valence-electron chi connectivity index (χ4n) is 3.04. The first-order chi connectivity index (χ1) is 10.2. The Hall–Kier alpha value is -1.45. The zero-order valence-corrected chi connectivity index (χ0v) is 13.6. The van der Waals surface area contributed by atoms with Crippen LogP contribution in [0.3, 0.4) is 0 Å². The lowest BCUT2D eigenvalue weighted by molar-refractivity contribution is 0.403. The third-order valence-corrected chi connectivity index (χ3v) is 3.92. The first kappa shape index (κ1) is 15.9. The third kappa shape index (κ3) is 5.10. The molecule has 118 valence electrons. The van der Waals surface area contributed by atoms with Gasteiger partial charge in [0.1, 0.15) is 5.76 Å². The molecule has 0 saturated carbocycles. The van der Waals surface area contributed by atoms with Crippen LogP contribution >= 0.6 is 0 Å². The van der Waals surface area contributed by atoms with Crippen LogP contribution in [0.2, 0.25) is 0 Å². The summed E-state index contributed by atoms with van der Waals surface area (Å²) in [5.74, 6) is 3.68. The predicted molar refractivity (Wildman–Crippen MR) is 87.5 cm³/mol. The van der Waals surface area contributed by atoms with Gasteiger partial charge in [0.05, 0.1) is 6.26 Å². The SMILES string of the molecule is CCNC(=NCCc1ccco1)N1CCC(CC(C)C)C1. The molecule has 1 aliphatic heterocycles. The number of aliphatic imine (C=N–C) groups is 1. The second-order valence-corrected chi connectivity index (χ2v) is 6.30. The van der Waals surface area contributed by atoms with Gasteiger partial charge >= 0.3 is 0 Å². The van der Waals surface area contributed by atoms with E-state index in [9.17, 15) is 0 Å². The van der Waals surface area contributed by atoms with E-state index in [-0.39, 0.29) is 0 Å². The molecule has 0 amide bonds. The summed E-state index contributed by atoms with van der Waals surface area (Å²) in [6, 6.07) is 3.94. The van der Waals surface area contributed by atoms with Crippen molar-refractivity contribution < 1.29 is 4.42 Å². The van der Waals surface area contributed by atoms with Gasteiger partial charge in [-0.05, 0) is 43.7 Å². The van der Waals surface area contributed by atoms with Gasteiger partial charge in [-0.3, -0.25) is 4.99 Å². The van der Waals surface area contributed by atoms with Gasteiger partial charge in [0, 0.05) is 32.6 Å². The lowest BCUT2D eigenvalue weighted by atomic mass is 9.97. The van der Waals surface area contributed by atoms with E-state index in [1.54, 1.807) is 6.26 Å². The van der Waals surface area contributed by atoms with Gasteiger partial charge in [-0.2, -0.15) is 0 Å². The van der Waals surface area contributed by atoms with Crippen molar-refractivity contribution in [1.82, 2.24) is 10.2 Å². The lowest BCUT2D eigenvalue weighted by Crippen LogP contribution is -2.40. The van der Waals surface area contributed by atoms with E-state index in [0.29, 0.717) is 0 Å². The van der Waals surface area contributed by atoms with Gasteiger partial charge in [0.15, 0.2) is 5.96 Å². The van der Waals surface area contributed by atoms with Gasteiger partial charge in [0.2, 0.25) is 0 Å². The molecule has 1 unspecified atom stereocenters. The highest BCUT2D eigenvalue weighted by Crippen LogP contribution is 2.23. The van der Waals surface area contributed by atoms with Crippen molar-refractivity contribution in [3.8, 4) is 0 Å². The number of furan rings is 1. The van der Waals surface area contributed by atoms with Crippen molar-refractivity contribution >= 4 is 5.96 Å². The van der Waals surface area contributed by atoms with E-state index in [1.165, 1.54) is 12.8 Å². The molecule has 1 aromatic heterocycles. The number of guanidine groups is 1. The van der Waals surface area contributed by atoms with Gasteiger partial charge in [-0.15, -0.1) is 0 Å². The molecule has 0 bridgehead atoms. The fraction of sp³-hybridized carbons (Fsp3) is 0.706. The van der Waals surface area contributed by atoms with Crippen LogP contribution in [0.5, 0.6) is 0 Å². The largest absolute Gasteiger partial charge is 0.469 e. The molecule has 1 N–H and O–H groups in total. The number of nitrogens with zero attached hydrogens (tertiary/aromatic N) is 2. The second-order valence-electron chi connectivity index (χ2n) is 6.30. The highest BCUT2D eigenvalue weighted by Gasteiger charge is 2.25. The van der Waals surface area contributed by atoms with Crippen LogP contribution < -0.4 is 5.32 Å².